The zero-order valence-corrected chi connectivity index (χ0v) is 9.01. The van der Waals surface area contributed by atoms with Crippen LogP contribution in [-0.2, 0) is 0 Å². The summed E-state index contributed by atoms with van der Waals surface area (Å²) < 4.78 is 36.9. The second-order valence-corrected chi connectivity index (χ2v) is 4.22. The first-order valence-corrected chi connectivity index (χ1v) is 5.18. The first-order valence-electron chi connectivity index (χ1n) is 5.18. The maximum atomic E-state index is 12.3. The van der Waals surface area contributed by atoms with Crippen molar-refractivity contribution in [1.82, 2.24) is 0 Å². The van der Waals surface area contributed by atoms with Gasteiger partial charge < -0.3 is 10.2 Å². The molecule has 2 nitrogen and oxygen atoms in total. The van der Waals surface area contributed by atoms with E-state index in [-0.39, 0.29) is 0 Å². The fraction of sp³-hybridized carbons (Fsp3) is 0.727. The Balaban J connectivity index is 2.89. The molecule has 0 spiro atoms. The van der Waals surface area contributed by atoms with Gasteiger partial charge in [-0.1, -0.05) is 6.42 Å². The van der Waals surface area contributed by atoms with Crippen molar-refractivity contribution in [3.8, 4) is 0 Å². The Bertz CT molecular complexity index is 312. The molecule has 1 fully saturated rings. The Morgan fingerprint density at radius 1 is 1.38 bits per heavy atom. The monoisotopic (exact) mass is 236 g/mol. The Morgan fingerprint density at radius 3 is 2.50 bits per heavy atom. The van der Waals surface area contributed by atoms with Gasteiger partial charge in [0.05, 0.1) is 6.10 Å². The molecule has 1 rings (SSSR count). The van der Waals surface area contributed by atoms with Crippen LogP contribution in [0.2, 0.25) is 0 Å². The number of hydrogen-bond donors (Lipinski definition) is 2. The van der Waals surface area contributed by atoms with Crippen LogP contribution in [0.4, 0.5) is 13.2 Å². The van der Waals surface area contributed by atoms with E-state index in [0.717, 1.165) is 12.8 Å². The summed E-state index contributed by atoms with van der Waals surface area (Å²) in [6.07, 6.45) is -2.09. The molecule has 5 heteroatoms. The molecule has 0 heterocycles. The van der Waals surface area contributed by atoms with Crippen LogP contribution in [0.5, 0.6) is 0 Å². The van der Waals surface area contributed by atoms with Gasteiger partial charge in [0.1, 0.15) is 0 Å². The summed E-state index contributed by atoms with van der Waals surface area (Å²) >= 11 is 0. The highest BCUT2D eigenvalue weighted by atomic mass is 19.4. The third kappa shape index (κ3) is 3.11. The average molecular weight is 236 g/mol. The quantitative estimate of drug-likeness (QED) is 0.686. The lowest BCUT2D eigenvalue weighted by Crippen LogP contribution is -2.39. The van der Waals surface area contributed by atoms with Gasteiger partial charge in [0.2, 0.25) is 0 Å². The predicted octanol–water partition coefficient (Wildman–Crippen LogP) is 2.32. The van der Waals surface area contributed by atoms with Crippen molar-refractivity contribution in [2.45, 2.75) is 50.5 Å². The van der Waals surface area contributed by atoms with E-state index in [1.807, 2.05) is 0 Å². The zero-order valence-electron chi connectivity index (χ0n) is 9.01. The van der Waals surface area contributed by atoms with Crippen molar-refractivity contribution in [3.63, 3.8) is 0 Å². The van der Waals surface area contributed by atoms with E-state index in [9.17, 15) is 18.3 Å². The van der Waals surface area contributed by atoms with Gasteiger partial charge in [0.15, 0.2) is 5.60 Å². The minimum absolute atomic E-state index is 0.441. The van der Waals surface area contributed by atoms with E-state index >= 15 is 0 Å². The third-order valence-electron chi connectivity index (χ3n) is 2.69. The lowest BCUT2D eigenvalue weighted by Gasteiger charge is -2.22. The number of aliphatic hydroxyl groups is 2. The number of halogens is 3. The standard InChI is InChI=1S/C11H15F3O2/c1-10(16,11(12,13)14)7-6-8-4-2-3-5-9(8)15/h7,9,15-16H,2-5H2,1H3/t6?,9-,10?/m0/s1. The minimum Gasteiger partial charge on any atom is -0.388 e. The highest BCUT2D eigenvalue weighted by Crippen LogP contribution is 2.31. The largest absolute Gasteiger partial charge is 0.421 e. The molecular formula is C11H15F3O2. The lowest BCUT2D eigenvalue weighted by molar-refractivity contribution is -0.232. The normalized spacial score (nSPS) is 25.9. The van der Waals surface area contributed by atoms with Gasteiger partial charge in [-0.15, -0.1) is 5.73 Å². The summed E-state index contributed by atoms with van der Waals surface area (Å²) in [7, 11) is 0. The van der Waals surface area contributed by atoms with Gasteiger partial charge >= 0.3 is 6.18 Å². The van der Waals surface area contributed by atoms with Crippen LogP contribution in [0.25, 0.3) is 0 Å². The molecule has 1 unspecified atom stereocenters. The van der Waals surface area contributed by atoms with Crippen LogP contribution in [0.15, 0.2) is 17.4 Å². The maximum Gasteiger partial charge on any atom is 0.421 e. The van der Waals surface area contributed by atoms with Crippen molar-refractivity contribution >= 4 is 0 Å². The second kappa shape index (κ2) is 4.62. The van der Waals surface area contributed by atoms with Crippen LogP contribution in [0, 0.1) is 0 Å². The molecule has 0 amide bonds. The summed E-state index contributed by atoms with van der Waals surface area (Å²) in [5, 5.41) is 18.6. The van der Waals surface area contributed by atoms with Gasteiger partial charge in [-0.2, -0.15) is 13.2 Å². The highest BCUT2D eigenvalue weighted by molar-refractivity contribution is 5.13. The molecule has 0 aromatic carbocycles. The summed E-state index contributed by atoms with van der Waals surface area (Å²) in [5.41, 5.74) is -0.0613. The number of alkyl halides is 3. The third-order valence-corrected chi connectivity index (χ3v) is 2.69. The van der Waals surface area contributed by atoms with Crippen LogP contribution in [-0.4, -0.2) is 28.1 Å². The molecule has 16 heavy (non-hydrogen) atoms. The molecule has 0 aliphatic heterocycles. The Kier molecular flexibility index (Phi) is 3.84. The lowest BCUT2D eigenvalue weighted by atomic mass is 9.92. The molecule has 2 atom stereocenters. The van der Waals surface area contributed by atoms with E-state index in [1.165, 1.54) is 0 Å². The predicted molar refractivity (Wildman–Crippen MR) is 52.7 cm³/mol. The van der Waals surface area contributed by atoms with Crippen molar-refractivity contribution < 1.29 is 23.4 Å². The number of aliphatic hydroxyl groups excluding tert-OH is 1. The van der Waals surface area contributed by atoms with Crippen molar-refractivity contribution in [2.75, 3.05) is 0 Å². The summed E-state index contributed by atoms with van der Waals surface area (Å²) in [6.45, 7) is 0.662. The fourth-order valence-corrected chi connectivity index (χ4v) is 1.48. The van der Waals surface area contributed by atoms with Gasteiger partial charge in [-0.3, -0.25) is 0 Å². The number of hydrogen-bond acceptors (Lipinski definition) is 2. The molecule has 92 valence electrons. The molecule has 1 aliphatic carbocycles. The van der Waals surface area contributed by atoms with Crippen LogP contribution >= 0.6 is 0 Å². The second-order valence-electron chi connectivity index (χ2n) is 4.22. The SMILES string of the molecule is CC(O)(C=C=C1CCCC[C@@H]1O)C(F)(F)F. The van der Waals surface area contributed by atoms with Crippen LogP contribution < -0.4 is 0 Å². The van der Waals surface area contributed by atoms with Crippen molar-refractivity contribution in [3.05, 3.63) is 17.4 Å². The minimum atomic E-state index is -4.72. The highest BCUT2D eigenvalue weighted by Gasteiger charge is 2.48. The molecule has 1 saturated carbocycles. The summed E-state index contributed by atoms with van der Waals surface area (Å²) in [6, 6.07) is 0. The van der Waals surface area contributed by atoms with E-state index in [1.54, 1.807) is 0 Å². The Morgan fingerprint density at radius 2 is 2.00 bits per heavy atom. The Hall–Kier alpha value is -0.770. The smallest absolute Gasteiger partial charge is 0.388 e. The maximum absolute atomic E-state index is 12.3. The fourth-order valence-electron chi connectivity index (χ4n) is 1.48. The van der Waals surface area contributed by atoms with E-state index in [4.69, 9.17) is 5.11 Å². The Labute approximate surface area is 92.1 Å². The van der Waals surface area contributed by atoms with Gasteiger partial charge in [-0.05, 0) is 37.8 Å². The summed E-state index contributed by atoms with van der Waals surface area (Å²) in [5.74, 6) is 0. The molecule has 0 aromatic heterocycles. The van der Waals surface area contributed by atoms with Crippen LogP contribution in [0.1, 0.15) is 32.6 Å². The average Bonchev–Trinajstić information content (AvgIpc) is 2.15. The van der Waals surface area contributed by atoms with Gasteiger partial charge in [0.25, 0.3) is 0 Å². The molecular weight excluding hydrogens is 221 g/mol. The van der Waals surface area contributed by atoms with E-state index < -0.39 is 17.9 Å². The molecule has 0 bridgehead atoms. The topological polar surface area (TPSA) is 40.5 Å². The number of rotatable bonds is 1. The first-order chi connectivity index (χ1) is 7.24. The van der Waals surface area contributed by atoms with Gasteiger partial charge in [0, 0.05) is 0 Å². The summed E-state index contributed by atoms with van der Waals surface area (Å²) in [4.78, 5) is 0. The molecule has 0 aromatic rings. The first kappa shape index (κ1) is 13.3. The molecule has 0 saturated heterocycles. The molecule has 0 radical (unpaired) electrons. The van der Waals surface area contributed by atoms with Crippen LogP contribution in [0.3, 0.4) is 0 Å². The van der Waals surface area contributed by atoms with Gasteiger partial charge in [-0.25, -0.2) is 0 Å². The molecule has 1 aliphatic rings. The zero-order chi connectivity index (χ0) is 12.4. The molecule has 2 N–H and O–H groups in total. The van der Waals surface area contributed by atoms with Crippen molar-refractivity contribution in [2.24, 2.45) is 0 Å². The van der Waals surface area contributed by atoms with E-state index in [0.29, 0.717) is 31.4 Å². The van der Waals surface area contributed by atoms with E-state index in [2.05, 4.69) is 5.73 Å². The van der Waals surface area contributed by atoms with Crippen molar-refractivity contribution in [1.29, 1.82) is 0 Å².